The fraction of sp³-hybridized carbons (Fsp3) is 0.111. The highest BCUT2D eigenvalue weighted by atomic mass is 16.4. The summed E-state index contributed by atoms with van der Waals surface area (Å²) in [7, 11) is 0. The van der Waals surface area contributed by atoms with Crippen LogP contribution in [0.2, 0.25) is 0 Å². The number of carboxylic acids is 1. The molecule has 80 valence electrons. The molecule has 0 saturated heterocycles. The van der Waals surface area contributed by atoms with Crippen molar-refractivity contribution < 1.29 is 19.8 Å². The summed E-state index contributed by atoms with van der Waals surface area (Å²) in [5.74, 6) is -2.05. The zero-order valence-corrected chi connectivity index (χ0v) is 7.73. The van der Waals surface area contributed by atoms with Gasteiger partial charge in [0, 0.05) is 5.69 Å². The first-order valence-corrected chi connectivity index (χ1v) is 4.11. The largest absolute Gasteiger partial charge is 0.507 e. The Labute approximate surface area is 85.3 Å². The van der Waals surface area contributed by atoms with Crippen molar-refractivity contribution in [1.29, 1.82) is 0 Å². The van der Waals surface area contributed by atoms with E-state index in [2.05, 4.69) is 5.32 Å². The van der Waals surface area contributed by atoms with Crippen LogP contribution >= 0.6 is 0 Å². The highest BCUT2D eigenvalue weighted by Crippen LogP contribution is 2.21. The molecular weight excluding hydrogens is 200 g/mol. The fourth-order valence-corrected chi connectivity index (χ4v) is 0.997. The molecule has 0 saturated carbocycles. The lowest BCUT2D eigenvalue weighted by atomic mass is 10.2. The molecule has 1 aromatic rings. The molecule has 1 aromatic carbocycles. The van der Waals surface area contributed by atoms with Gasteiger partial charge in [-0.25, -0.2) is 4.79 Å². The lowest BCUT2D eigenvalue weighted by molar-refractivity contribution is -0.114. The van der Waals surface area contributed by atoms with E-state index in [0.29, 0.717) is 0 Å². The van der Waals surface area contributed by atoms with E-state index in [9.17, 15) is 14.7 Å². The minimum atomic E-state index is -1.27. The van der Waals surface area contributed by atoms with Gasteiger partial charge in [0.25, 0.3) is 0 Å². The number of carbonyl (C=O) groups excluding carboxylic acids is 1. The summed E-state index contributed by atoms with van der Waals surface area (Å²) >= 11 is 0. The SMILES string of the molecule is NCC(=O)Nc1ccc(O)c(C(=O)O)c1. The first-order valence-electron chi connectivity index (χ1n) is 4.11. The van der Waals surface area contributed by atoms with Gasteiger partial charge in [0.15, 0.2) is 0 Å². The van der Waals surface area contributed by atoms with Crippen LogP contribution in [-0.4, -0.2) is 28.6 Å². The van der Waals surface area contributed by atoms with E-state index in [1.54, 1.807) is 0 Å². The number of phenols is 1. The quantitative estimate of drug-likeness (QED) is 0.524. The summed E-state index contributed by atoms with van der Waals surface area (Å²) in [4.78, 5) is 21.5. The molecule has 1 rings (SSSR count). The molecule has 0 unspecified atom stereocenters. The molecule has 15 heavy (non-hydrogen) atoms. The predicted molar refractivity (Wildman–Crippen MR) is 52.8 cm³/mol. The molecule has 0 aromatic heterocycles. The summed E-state index contributed by atoms with van der Waals surface area (Å²) in [5.41, 5.74) is 5.07. The molecule has 0 fully saturated rings. The summed E-state index contributed by atoms with van der Waals surface area (Å²) < 4.78 is 0. The minimum absolute atomic E-state index is 0.191. The van der Waals surface area contributed by atoms with Crippen molar-refractivity contribution in [1.82, 2.24) is 0 Å². The monoisotopic (exact) mass is 210 g/mol. The van der Waals surface area contributed by atoms with Gasteiger partial charge in [0.05, 0.1) is 6.54 Å². The zero-order chi connectivity index (χ0) is 11.4. The van der Waals surface area contributed by atoms with Crippen LogP contribution in [0.3, 0.4) is 0 Å². The second kappa shape index (κ2) is 4.43. The van der Waals surface area contributed by atoms with Gasteiger partial charge in [0.1, 0.15) is 11.3 Å². The van der Waals surface area contributed by atoms with Crippen LogP contribution in [0.1, 0.15) is 10.4 Å². The first kappa shape index (κ1) is 11.0. The molecule has 0 atom stereocenters. The second-order valence-corrected chi connectivity index (χ2v) is 2.79. The van der Waals surface area contributed by atoms with E-state index < -0.39 is 11.9 Å². The van der Waals surface area contributed by atoms with E-state index in [1.807, 2.05) is 0 Å². The number of hydrogen-bond acceptors (Lipinski definition) is 4. The van der Waals surface area contributed by atoms with Crippen molar-refractivity contribution in [3.63, 3.8) is 0 Å². The Hall–Kier alpha value is -2.08. The summed E-state index contributed by atoms with van der Waals surface area (Å²) in [6.07, 6.45) is 0. The number of amides is 1. The van der Waals surface area contributed by atoms with Crippen LogP contribution in [0.5, 0.6) is 5.75 Å². The Morgan fingerprint density at radius 2 is 2.07 bits per heavy atom. The topological polar surface area (TPSA) is 113 Å². The third kappa shape index (κ3) is 2.68. The molecule has 0 radical (unpaired) electrons. The van der Waals surface area contributed by atoms with Crippen LogP contribution in [-0.2, 0) is 4.79 Å². The van der Waals surface area contributed by atoms with Crippen molar-refractivity contribution in [2.24, 2.45) is 5.73 Å². The van der Waals surface area contributed by atoms with Gasteiger partial charge >= 0.3 is 5.97 Å². The third-order valence-electron chi connectivity index (χ3n) is 1.70. The van der Waals surface area contributed by atoms with Crippen LogP contribution < -0.4 is 11.1 Å². The predicted octanol–water partition coefficient (Wildman–Crippen LogP) is -0.0124. The van der Waals surface area contributed by atoms with Gasteiger partial charge in [-0.3, -0.25) is 4.79 Å². The van der Waals surface area contributed by atoms with Gasteiger partial charge in [-0.1, -0.05) is 0 Å². The average Bonchev–Trinajstić information content (AvgIpc) is 2.20. The van der Waals surface area contributed by atoms with E-state index >= 15 is 0 Å². The van der Waals surface area contributed by atoms with E-state index in [0.717, 1.165) is 6.07 Å². The van der Waals surface area contributed by atoms with Crippen molar-refractivity contribution in [3.05, 3.63) is 23.8 Å². The molecule has 0 aliphatic rings. The Bertz CT molecular complexity index is 403. The molecule has 0 aliphatic carbocycles. The van der Waals surface area contributed by atoms with Gasteiger partial charge in [-0.05, 0) is 18.2 Å². The Morgan fingerprint density at radius 3 is 2.60 bits per heavy atom. The maximum Gasteiger partial charge on any atom is 0.339 e. The molecule has 0 bridgehead atoms. The Morgan fingerprint density at radius 1 is 1.40 bits per heavy atom. The number of benzene rings is 1. The average molecular weight is 210 g/mol. The number of carbonyl (C=O) groups is 2. The van der Waals surface area contributed by atoms with Crippen LogP contribution in [0, 0.1) is 0 Å². The molecule has 0 spiro atoms. The van der Waals surface area contributed by atoms with E-state index in [-0.39, 0.29) is 23.5 Å². The number of aromatic hydroxyl groups is 1. The number of nitrogens with one attached hydrogen (secondary N) is 1. The second-order valence-electron chi connectivity index (χ2n) is 2.79. The minimum Gasteiger partial charge on any atom is -0.507 e. The number of nitrogens with two attached hydrogens (primary N) is 1. The number of aromatic carboxylic acids is 1. The van der Waals surface area contributed by atoms with E-state index in [1.165, 1.54) is 12.1 Å². The van der Waals surface area contributed by atoms with Crippen molar-refractivity contribution in [3.8, 4) is 5.75 Å². The lowest BCUT2D eigenvalue weighted by Gasteiger charge is -2.05. The number of anilines is 1. The Kier molecular flexibility index (Phi) is 3.25. The van der Waals surface area contributed by atoms with Crippen molar-refractivity contribution in [2.75, 3.05) is 11.9 Å². The van der Waals surface area contributed by atoms with Gasteiger partial charge in [0.2, 0.25) is 5.91 Å². The molecule has 0 heterocycles. The van der Waals surface area contributed by atoms with Crippen molar-refractivity contribution >= 4 is 17.6 Å². The molecule has 1 amide bonds. The molecule has 6 nitrogen and oxygen atoms in total. The molecular formula is C9H10N2O4. The summed E-state index contributed by atoms with van der Waals surface area (Å²) in [5, 5.41) is 20.2. The maximum atomic E-state index is 10.9. The van der Waals surface area contributed by atoms with Gasteiger partial charge in [-0.2, -0.15) is 0 Å². The van der Waals surface area contributed by atoms with Crippen molar-refractivity contribution in [2.45, 2.75) is 0 Å². The molecule has 0 aliphatic heterocycles. The third-order valence-corrected chi connectivity index (χ3v) is 1.70. The Balaban J connectivity index is 2.97. The zero-order valence-electron chi connectivity index (χ0n) is 7.73. The van der Waals surface area contributed by atoms with E-state index in [4.69, 9.17) is 10.8 Å². The summed E-state index contributed by atoms with van der Waals surface area (Å²) in [6, 6.07) is 3.73. The maximum absolute atomic E-state index is 10.9. The fourth-order valence-electron chi connectivity index (χ4n) is 0.997. The lowest BCUT2D eigenvalue weighted by Crippen LogP contribution is -2.21. The van der Waals surface area contributed by atoms with Crippen LogP contribution in [0.4, 0.5) is 5.69 Å². The standard InChI is InChI=1S/C9H10N2O4/c10-4-8(13)11-5-1-2-7(12)6(3-5)9(14)15/h1-3,12H,4,10H2,(H,11,13)(H,14,15). The van der Waals surface area contributed by atoms with Gasteiger partial charge in [-0.15, -0.1) is 0 Å². The number of rotatable bonds is 3. The van der Waals surface area contributed by atoms with Gasteiger partial charge < -0.3 is 21.3 Å². The normalized spacial score (nSPS) is 9.67. The van der Waals surface area contributed by atoms with Crippen LogP contribution in [0.25, 0.3) is 0 Å². The number of carboxylic acid groups (broad SMARTS) is 1. The first-order chi connectivity index (χ1) is 7.04. The highest BCUT2D eigenvalue weighted by molar-refractivity contribution is 5.96. The molecule has 6 heteroatoms. The highest BCUT2D eigenvalue weighted by Gasteiger charge is 2.10. The number of hydrogen-bond donors (Lipinski definition) is 4. The smallest absolute Gasteiger partial charge is 0.339 e. The summed E-state index contributed by atoms with van der Waals surface area (Å²) in [6.45, 7) is -0.191. The molecule has 5 N–H and O–H groups in total. The van der Waals surface area contributed by atoms with Crippen LogP contribution in [0.15, 0.2) is 18.2 Å².